The number of benzene rings is 7. The van der Waals surface area contributed by atoms with E-state index in [1.54, 1.807) is 0 Å². The van der Waals surface area contributed by atoms with Crippen molar-refractivity contribution in [3.8, 4) is 22.3 Å². The van der Waals surface area contributed by atoms with E-state index in [0.29, 0.717) is 11.1 Å². The van der Waals surface area contributed by atoms with Crippen LogP contribution in [0, 0.1) is 11.8 Å². The number of fused-ring (bicyclic) bond motifs is 4. The molecule has 0 radical (unpaired) electrons. The second-order valence-corrected chi connectivity index (χ2v) is 13.0. The standard InChI is InChI=1S/C46H32O2/c47-45-41-37(29-17-5-1-6-18-29)33-25-13-14-26-34(33)38(30-19-7-2-8-20-30)42(41)46(48)44-40(32-23-11-4-12-24-32)36-28-16-15-27-35(36)39(43(44)45)31-21-9-3-10-22-31/h1-28,37-38,41-42H/t37-,38-,41-,42+/m0/s1. The Bertz CT molecular complexity index is 2160. The van der Waals surface area contributed by atoms with Gasteiger partial charge in [0.25, 0.3) is 0 Å². The summed E-state index contributed by atoms with van der Waals surface area (Å²) in [5.74, 6) is -1.62. The van der Waals surface area contributed by atoms with Gasteiger partial charge in [-0.2, -0.15) is 0 Å². The van der Waals surface area contributed by atoms with Gasteiger partial charge in [-0.05, 0) is 44.2 Å². The predicted molar refractivity (Wildman–Crippen MR) is 193 cm³/mol. The van der Waals surface area contributed by atoms with E-state index >= 15 is 9.59 Å². The van der Waals surface area contributed by atoms with Gasteiger partial charge in [-0.25, -0.2) is 0 Å². The van der Waals surface area contributed by atoms with E-state index in [9.17, 15) is 0 Å². The SMILES string of the molecule is O=C1c2c(c(-c3ccccc3)c3ccccc3c2-c2ccccc2)C(=O)[C@H]2[C@@H](c3ccccc3)c3ccccc3[C@H](c3ccccc3)[C@@H]12. The first-order valence-electron chi connectivity index (χ1n) is 16.7. The average molecular weight is 617 g/mol. The van der Waals surface area contributed by atoms with Crippen molar-refractivity contribution in [3.63, 3.8) is 0 Å². The lowest BCUT2D eigenvalue weighted by atomic mass is 9.53. The molecule has 2 heteroatoms. The van der Waals surface area contributed by atoms with Gasteiger partial charge in [0.1, 0.15) is 0 Å². The van der Waals surface area contributed by atoms with Gasteiger partial charge in [-0.3, -0.25) is 9.59 Å². The molecule has 0 aliphatic heterocycles. The van der Waals surface area contributed by atoms with Crippen LogP contribution in [0.1, 0.15) is 54.8 Å². The lowest BCUT2D eigenvalue weighted by Crippen LogP contribution is -2.47. The van der Waals surface area contributed by atoms with Gasteiger partial charge in [-0.15, -0.1) is 0 Å². The quantitative estimate of drug-likeness (QED) is 0.197. The normalized spacial score (nSPS) is 19.8. The van der Waals surface area contributed by atoms with Crippen LogP contribution in [-0.4, -0.2) is 11.6 Å². The van der Waals surface area contributed by atoms with Crippen LogP contribution in [0.15, 0.2) is 170 Å². The Morgan fingerprint density at radius 1 is 0.312 bits per heavy atom. The largest absolute Gasteiger partial charge is 0.294 e. The van der Waals surface area contributed by atoms with E-state index in [2.05, 4.69) is 84.9 Å². The highest BCUT2D eigenvalue weighted by Crippen LogP contribution is 2.58. The van der Waals surface area contributed by atoms with Crippen molar-refractivity contribution in [2.24, 2.45) is 11.8 Å². The molecule has 0 heterocycles. The van der Waals surface area contributed by atoms with Gasteiger partial charge in [0.2, 0.25) is 0 Å². The van der Waals surface area contributed by atoms with Crippen LogP contribution in [-0.2, 0) is 0 Å². The van der Waals surface area contributed by atoms with Crippen molar-refractivity contribution >= 4 is 22.3 Å². The molecule has 48 heavy (non-hydrogen) atoms. The second-order valence-electron chi connectivity index (χ2n) is 13.0. The molecular weight excluding hydrogens is 585 g/mol. The summed E-state index contributed by atoms with van der Waals surface area (Å²) in [6.07, 6.45) is 0. The number of carbonyl (C=O) groups excluding carboxylic acids is 2. The van der Waals surface area contributed by atoms with Gasteiger partial charge >= 0.3 is 0 Å². The minimum absolute atomic E-state index is 0.0423. The zero-order valence-electron chi connectivity index (χ0n) is 26.3. The van der Waals surface area contributed by atoms with E-state index in [1.807, 2.05) is 84.9 Å². The summed E-state index contributed by atoms with van der Waals surface area (Å²) < 4.78 is 0. The van der Waals surface area contributed by atoms with E-state index < -0.39 is 11.8 Å². The smallest absolute Gasteiger partial charge is 0.169 e. The molecule has 0 saturated heterocycles. The molecule has 7 aromatic carbocycles. The maximum atomic E-state index is 15.8. The third-order valence-corrected chi connectivity index (χ3v) is 10.5. The third kappa shape index (κ3) is 4.26. The molecule has 0 amide bonds. The topological polar surface area (TPSA) is 34.1 Å². The van der Waals surface area contributed by atoms with Crippen LogP contribution in [0.4, 0.5) is 0 Å². The monoisotopic (exact) mass is 616 g/mol. The summed E-state index contributed by atoms with van der Waals surface area (Å²) in [4.78, 5) is 31.7. The zero-order valence-corrected chi connectivity index (χ0v) is 26.3. The van der Waals surface area contributed by atoms with Crippen LogP contribution in [0.2, 0.25) is 0 Å². The lowest BCUT2D eigenvalue weighted by molar-refractivity contribution is 0.0684. The molecule has 228 valence electrons. The molecule has 2 nitrogen and oxygen atoms in total. The van der Waals surface area contributed by atoms with E-state index in [0.717, 1.165) is 55.3 Å². The minimum atomic E-state index is -0.584. The van der Waals surface area contributed by atoms with Crippen molar-refractivity contribution in [1.82, 2.24) is 0 Å². The Hall–Kier alpha value is -5.86. The Kier molecular flexibility index (Phi) is 6.76. The summed E-state index contributed by atoms with van der Waals surface area (Å²) >= 11 is 0. The van der Waals surface area contributed by atoms with Crippen LogP contribution >= 0.6 is 0 Å². The summed E-state index contributed by atoms with van der Waals surface area (Å²) in [7, 11) is 0. The number of hydrogen-bond acceptors (Lipinski definition) is 2. The van der Waals surface area contributed by atoms with Crippen LogP contribution < -0.4 is 0 Å². The molecule has 0 saturated carbocycles. The first kappa shape index (κ1) is 28.4. The summed E-state index contributed by atoms with van der Waals surface area (Å²) in [5.41, 5.74) is 9.03. The number of Topliss-reactive ketones (excluding diaryl/α,β-unsaturated/α-hetero) is 2. The molecule has 0 bridgehead atoms. The molecule has 0 aromatic heterocycles. The number of rotatable bonds is 4. The maximum Gasteiger partial charge on any atom is 0.169 e. The molecule has 2 aliphatic rings. The lowest BCUT2D eigenvalue weighted by Gasteiger charge is -2.46. The number of carbonyl (C=O) groups is 2. The first-order valence-corrected chi connectivity index (χ1v) is 16.7. The van der Waals surface area contributed by atoms with E-state index in [-0.39, 0.29) is 23.4 Å². The highest BCUT2D eigenvalue weighted by atomic mass is 16.1. The summed E-state index contributed by atoms with van der Waals surface area (Å²) in [6, 6.07) is 57.6. The predicted octanol–water partition coefficient (Wildman–Crippen LogP) is 10.8. The van der Waals surface area contributed by atoms with Crippen molar-refractivity contribution in [3.05, 3.63) is 203 Å². The number of hydrogen-bond donors (Lipinski definition) is 0. The highest BCUT2D eigenvalue weighted by molar-refractivity contribution is 6.28. The first-order chi connectivity index (χ1) is 23.7. The van der Waals surface area contributed by atoms with Gasteiger partial charge in [-0.1, -0.05) is 170 Å². The molecule has 0 N–H and O–H groups in total. The van der Waals surface area contributed by atoms with Crippen molar-refractivity contribution < 1.29 is 9.59 Å². The maximum absolute atomic E-state index is 15.8. The Balaban J connectivity index is 1.44. The third-order valence-electron chi connectivity index (χ3n) is 10.5. The fourth-order valence-corrected chi connectivity index (χ4v) is 8.68. The Labute approximate surface area is 280 Å². The average Bonchev–Trinajstić information content (AvgIpc) is 3.16. The van der Waals surface area contributed by atoms with Crippen molar-refractivity contribution in [1.29, 1.82) is 0 Å². The van der Waals surface area contributed by atoms with Gasteiger partial charge in [0.15, 0.2) is 11.6 Å². The Morgan fingerprint density at radius 2 is 0.625 bits per heavy atom. The van der Waals surface area contributed by atoms with E-state index in [4.69, 9.17) is 0 Å². The molecule has 7 aromatic rings. The summed E-state index contributed by atoms with van der Waals surface area (Å²) in [6.45, 7) is 0. The van der Waals surface area contributed by atoms with Crippen LogP contribution in [0.3, 0.4) is 0 Å². The highest BCUT2D eigenvalue weighted by Gasteiger charge is 2.55. The van der Waals surface area contributed by atoms with E-state index in [1.165, 1.54) is 0 Å². The van der Waals surface area contributed by atoms with Crippen molar-refractivity contribution in [2.75, 3.05) is 0 Å². The van der Waals surface area contributed by atoms with Gasteiger partial charge in [0.05, 0.1) is 0 Å². The summed E-state index contributed by atoms with van der Waals surface area (Å²) in [5, 5.41) is 1.96. The van der Waals surface area contributed by atoms with Crippen LogP contribution in [0.25, 0.3) is 33.0 Å². The molecule has 4 atom stereocenters. The fourth-order valence-electron chi connectivity index (χ4n) is 8.68. The second kappa shape index (κ2) is 11.4. The molecular formula is C46H32O2. The molecule has 2 aliphatic carbocycles. The zero-order chi connectivity index (χ0) is 32.2. The molecule has 9 rings (SSSR count). The van der Waals surface area contributed by atoms with Crippen molar-refractivity contribution in [2.45, 2.75) is 11.8 Å². The molecule has 0 unspecified atom stereocenters. The van der Waals surface area contributed by atoms with Gasteiger partial charge in [0, 0.05) is 45.9 Å². The fraction of sp³-hybridized carbons (Fsp3) is 0.0870. The molecule has 0 fully saturated rings. The molecule has 0 spiro atoms. The van der Waals surface area contributed by atoms with Gasteiger partial charge < -0.3 is 0 Å². The van der Waals surface area contributed by atoms with Crippen LogP contribution in [0.5, 0.6) is 0 Å². The Morgan fingerprint density at radius 3 is 1.00 bits per heavy atom. The number of ketones is 2. The minimum Gasteiger partial charge on any atom is -0.294 e.